The van der Waals surface area contributed by atoms with Crippen LogP contribution < -0.4 is 5.32 Å². The fraction of sp³-hybridized carbons (Fsp3) is 0.103. The number of aromatic nitrogens is 4. The molecule has 0 aliphatic heterocycles. The molecule has 1 amide bonds. The van der Waals surface area contributed by atoms with Gasteiger partial charge in [0.05, 0.1) is 17.0 Å². The molecular weight excluding hydrogens is 466 g/mol. The lowest BCUT2D eigenvalue weighted by Crippen LogP contribution is -2.29. The maximum Gasteiger partial charge on any atom is 0.252 e. The van der Waals surface area contributed by atoms with Crippen molar-refractivity contribution in [3.8, 4) is 5.69 Å². The highest BCUT2D eigenvalue weighted by atomic mass is 32.2. The van der Waals surface area contributed by atoms with Gasteiger partial charge in [-0.1, -0.05) is 91.0 Å². The Kier molecular flexibility index (Phi) is 7.49. The smallest absolute Gasteiger partial charge is 0.252 e. The first-order chi connectivity index (χ1) is 17.8. The van der Waals surface area contributed by atoms with Gasteiger partial charge in [0.25, 0.3) is 5.91 Å². The summed E-state index contributed by atoms with van der Waals surface area (Å²) < 4.78 is 1.72. The molecule has 0 bridgehead atoms. The first-order valence-electron chi connectivity index (χ1n) is 11.7. The lowest BCUT2D eigenvalue weighted by molar-refractivity contribution is 0.0949. The maximum atomic E-state index is 13.3. The molecule has 5 rings (SSSR count). The van der Waals surface area contributed by atoms with Crippen molar-refractivity contribution in [1.82, 2.24) is 25.5 Å². The van der Waals surface area contributed by atoms with Gasteiger partial charge < -0.3 is 5.32 Å². The van der Waals surface area contributed by atoms with Gasteiger partial charge in [0.1, 0.15) is 0 Å². The number of carbonyl (C=O) groups excluding carboxylic acids is 1. The minimum absolute atomic E-state index is 0.0617. The van der Waals surface area contributed by atoms with Crippen LogP contribution in [0, 0.1) is 0 Å². The lowest BCUT2D eigenvalue weighted by Gasteiger charge is -2.19. The fourth-order valence-corrected chi connectivity index (χ4v) is 5.03. The van der Waals surface area contributed by atoms with Crippen LogP contribution >= 0.6 is 11.8 Å². The van der Waals surface area contributed by atoms with Crippen LogP contribution in [0.3, 0.4) is 0 Å². The van der Waals surface area contributed by atoms with Gasteiger partial charge in [-0.25, -0.2) is 0 Å². The van der Waals surface area contributed by atoms with E-state index in [2.05, 4.69) is 45.1 Å². The van der Waals surface area contributed by atoms with Crippen molar-refractivity contribution in [3.05, 3.63) is 138 Å². The summed E-state index contributed by atoms with van der Waals surface area (Å²) in [4.78, 5) is 14.2. The molecule has 5 aromatic rings. The van der Waals surface area contributed by atoms with Crippen molar-refractivity contribution in [2.45, 2.75) is 16.6 Å². The Morgan fingerprint density at radius 3 is 2.03 bits per heavy atom. The van der Waals surface area contributed by atoms with Crippen LogP contribution in [0.5, 0.6) is 0 Å². The Balaban J connectivity index is 1.30. The van der Waals surface area contributed by atoms with Crippen LogP contribution in [0.4, 0.5) is 0 Å². The average Bonchev–Trinajstić information content (AvgIpc) is 3.42. The van der Waals surface area contributed by atoms with Gasteiger partial charge in [-0.05, 0) is 45.8 Å². The highest BCUT2D eigenvalue weighted by molar-refractivity contribution is 7.98. The van der Waals surface area contributed by atoms with Crippen LogP contribution in [0.2, 0.25) is 0 Å². The molecule has 0 fully saturated rings. The number of nitrogens with zero attached hydrogens (tertiary/aromatic N) is 4. The van der Waals surface area contributed by atoms with Crippen molar-refractivity contribution in [3.63, 3.8) is 0 Å². The third-order valence-electron chi connectivity index (χ3n) is 5.89. The second-order valence-electron chi connectivity index (χ2n) is 8.21. The van der Waals surface area contributed by atoms with Crippen molar-refractivity contribution in [1.29, 1.82) is 0 Å². The average molecular weight is 492 g/mol. The molecule has 0 aliphatic rings. The number of hydrogen-bond acceptors (Lipinski definition) is 5. The number of benzene rings is 4. The van der Waals surface area contributed by atoms with Crippen LogP contribution in [0.1, 0.15) is 33.2 Å². The van der Waals surface area contributed by atoms with Gasteiger partial charge >= 0.3 is 0 Å². The molecule has 36 heavy (non-hydrogen) atoms. The number of para-hydroxylation sites is 1. The minimum Gasteiger partial charge on any atom is -0.351 e. The van der Waals surface area contributed by atoms with E-state index >= 15 is 0 Å². The highest BCUT2D eigenvalue weighted by Crippen LogP contribution is 2.27. The van der Waals surface area contributed by atoms with Gasteiger partial charge in [0.2, 0.25) is 0 Å². The monoisotopic (exact) mass is 491 g/mol. The van der Waals surface area contributed by atoms with E-state index in [1.807, 2.05) is 91.0 Å². The predicted molar refractivity (Wildman–Crippen MR) is 142 cm³/mol. The Bertz CT molecular complexity index is 1370. The summed E-state index contributed by atoms with van der Waals surface area (Å²) in [5.41, 5.74) is 3.87. The normalized spacial score (nSPS) is 10.9. The number of nitrogens with one attached hydrogen (secondary N) is 1. The standard InChI is InChI=1S/C29H25N5OS/c35-29(30-20-26(22-12-4-1-5-13-22)23-14-6-2-7-15-23)25-18-10-11-19-27(25)36-21-28-31-32-33-34(28)24-16-8-3-9-17-24/h1-19,26H,20-21H2,(H,30,35). The van der Waals surface area contributed by atoms with Crippen LogP contribution in [-0.4, -0.2) is 32.7 Å². The molecule has 1 heterocycles. The SMILES string of the molecule is O=C(NCC(c1ccccc1)c1ccccc1)c1ccccc1SCc1nnnn1-c1ccccc1. The lowest BCUT2D eigenvalue weighted by atomic mass is 9.91. The summed E-state index contributed by atoms with van der Waals surface area (Å²) in [6.07, 6.45) is 0. The third-order valence-corrected chi connectivity index (χ3v) is 6.96. The molecule has 0 aliphatic carbocycles. The van der Waals surface area contributed by atoms with E-state index in [1.54, 1.807) is 16.4 Å². The Hall–Kier alpha value is -4.23. The van der Waals surface area contributed by atoms with Gasteiger partial charge in [-0.2, -0.15) is 4.68 Å². The number of carbonyl (C=O) groups is 1. The molecule has 1 N–H and O–H groups in total. The van der Waals surface area contributed by atoms with Gasteiger partial charge in [-0.15, -0.1) is 16.9 Å². The molecule has 0 saturated heterocycles. The largest absolute Gasteiger partial charge is 0.351 e. The number of thioether (sulfide) groups is 1. The van der Waals surface area contributed by atoms with E-state index < -0.39 is 0 Å². The molecule has 0 radical (unpaired) electrons. The molecule has 4 aromatic carbocycles. The Morgan fingerprint density at radius 1 is 0.778 bits per heavy atom. The van der Waals surface area contributed by atoms with E-state index in [-0.39, 0.29) is 11.8 Å². The first-order valence-corrected chi connectivity index (χ1v) is 12.7. The van der Waals surface area contributed by atoms with Crippen molar-refractivity contribution >= 4 is 17.7 Å². The second-order valence-corrected chi connectivity index (χ2v) is 9.23. The number of rotatable bonds is 9. The maximum absolute atomic E-state index is 13.3. The third kappa shape index (κ3) is 5.53. The summed E-state index contributed by atoms with van der Waals surface area (Å²) in [5.74, 6) is 1.21. The van der Waals surface area contributed by atoms with Crippen LogP contribution in [-0.2, 0) is 5.75 Å². The molecular formula is C29H25N5OS. The Labute approximate surface area is 214 Å². The zero-order chi connectivity index (χ0) is 24.6. The van der Waals surface area contributed by atoms with E-state index in [0.717, 1.165) is 16.4 Å². The molecule has 6 nitrogen and oxygen atoms in total. The van der Waals surface area contributed by atoms with E-state index in [4.69, 9.17) is 0 Å². The summed E-state index contributed by atoms with van der Waals surface area (Å²) in [6.45, 7) is 0.498. The molecule has 0 spiro atoms. The molecule has 7 heteroatoms. The molecule has 0 unspecified atom stereocenters. The zero-order valence-corrected chi connectivity index (χ0v) is 20.4. The summed E-state index contributed by atoms with van der Waals surface area (Å²) in [7, 11) is 0. The zero-order valence-electron chi connectivity index (χ0n) is 19.6. The predicted octanol–water partition coefficient (Wildman–Crippen LogP) is 5.52. The molecule has 1 aromatic heterocycles. The Morgan fingerprint density at radius 2 is 1.36 bits per heavy atom. The molecule has 0 atom stereocenters. The molecule has 0 saturated carbocycles. The summed E-state index contributed by atoms with van der Waals surface area (Å²) in [5, 5.41) is 15.3. The highest BCUT2D eigenvalue weighted by Gasteiger charge is 2.18. The molecule has 178 valence electrons. The first kappa shape index (κ1) is 23.5. The van der Waals surface area contributed by atoms with Gasteiger partial charge in [-0.3, -0.25) is 4.79 Å². The van der Waals surface area contributed by atoms with Crippen molar-refractivity contribution < 1.29 is 4.79 Å². The van der Waals surface area contributed by atoms with E-state index in [0.29, 0.717) is 17.9 Å². The number of tetrazole rings is 1. The number of amides is 1. The van der Waals surface area contributed by atoms with Crippen molar-refractivity contribution in [2.75, 3.05) is 6.54 Å². The second kappa shape index (κ2) is 11.5. The topological polar surface area (TPSA) is 72.7 Å². The fourth-order valence-electron chi connectivity index (χ4n) is 4.08. The van der Waals surface area contributed by atoms with Crippen LogP contribution in [0.15, 0.2) is 120 Å². The van der Waals surface area contributed by atoms with E-state index in [1.165, 1.54) is 11.1 Å². The van der Waals surface area contributed by atoms with Crippen molar-refractivity contribution in [2.24, 2.45) is 0 Å². The number of hydrogen-bond donors (Lipinski definition) is 1. The van der Waals surface area contributed by atoms with Crippen LogP contribution in [0.25, 0.3) is 5.69 Å². The minimum atomic E-state index is -0.0994. The quantitative estimate of drug-likeness (QED) is 0.275. The van der Waals surface area contributed by atoms with Gasteiger partial charge in [0.15, 0.2) is 5.82 Å². The summed E-state index contributed by atoms with van der Waals surface area (Å²) in [6, 6.07) is 38.0. The van der Waals surface area contributed by atoms with E-state index in [9.17, 15) is 4.79 Å². The van der Waals surface area contributed by atoms with Gasteiger partial charge in [0, 0.05) is 17.4 Å². The summed E-state index contributed by atoms with van der Waals surface area (Å²) >= 11 is 1.54.